The van der Waals surface area contributed by atoms with E-state index in [-0.39, 0.29) is 22.5 Å². The number of nitrogens with one attached hydrogen (secondary N) is 1. The zero-order chi connectivity index (χ0) is 19.1. The Kier molecular flexibility index (Phi) is 4.26. The van der Waals surface area contributed by atoms with Crippen molar-refractivity contribution < 1.29 is 26.3 Å². The van der Waals surface area contributed by atoms with Gasteiger partial charge in [-0.3, -0.25) is 9.36 Å². The van der Waals surface area contributed by atoms with Crippen LogP contribution in [0.1, 0.15) is 0 Å². The van der Waals surface area contributed by atoms with Crippen molar-refractivity contribution >= 4 is 20.9 Å². The minimum atomic E-state index is -4.48. The lowest BCUT2D eigenvalue weighted by atomic mass is 10.3. The van der Waals surface area contributed by atoms with E-state index in [1.807, 2.05) is 0 Å². The van der Waals surface area contributed by atoms with Gasteiger partial charge in [0.25, 0.3) is 5.56 Å². The van der Waals surface area contributed by atoms with Gasteiger partial charge in [0.1, 0.15) is 11.4 Å². The van der Waals surface area contributed by atoms with Crippen LogP contribution in [0, 0.1) is 0 Å². The summed E-state index contributed by atoms with van der Waals surface area (Å²) in [5, 5.41) is -0.309. The van der Waals surface area contributed by atoms with Gasteiger partial charge < -0.3 is 9.72 Å². The molecule has 138 valence electrons. The van der Waals surface area contributed by atoms with Gasteiger partial charge in [-0.25, -0.2) is 13.4 Å². The van der Waals surface area contributed by atoms with Gasteiger partial charge in [-0.15, -0.1) is 0 Å². The molecule has 0 amide bonds. The lowest BCUT2D eigenvalue weighted by Gasteiger charge is -2.12. The van der Waals surface area contributed by atoms with E-state index in [9.17, 15) is 26.4 Å². The number of H-pyrrole nitrogens is 1. The molecule has 0 aliphatic carbocycles. The SMILES string of the molecule is CS(=O)(=O)c1nc2[nH]ccc2c(=O)n1-c1ccc(OCC(F)(F)F)cc1. The van der Waals surface area contributed by atoms with Crippen LogP contribution >= 0.6 is 0 Å². The Hall–Kier alpha value is -2.82. The third kappa shape index (κ3) is 3.57. The predicted octanol–water partition coefficient (Wildman–Crippen LogP) is 2.06. The molecule has 3 rings (SSSR count). The van der Waals surface area contributed by atoms with Gasteiger partial charge in [-0.1, -0.05) is 0 Å². The fourth-order valence-electron chi connectivity index (χ4n) is 2.31. The van der Waals surface area contributed by atoms with Crippen LogP contribution in [0.2, 0.25) is 0 Å². The Morgan fingerprint density at radius 1 is 1.19 bits per heavy atom. The van der Waals surface area contributed by atoms with Crippen molar-refractivity contribution in [3.05, 3.63) is 46.9 Å². The van der Waals surface area contributed by atoms with Crippen LogP contribution in [-0.4, -0.2) is 42.0 Å². The Morgan fingerprint density at radius 2 is 1.85 bits per heavy atom. The first-order valence-electron chi connectivity index (χ1n) is 7.16. The van der Waals surface area contributed by atoms with E-state index < -0.39 is 33.3 Å². The molecule has 0 spiro atoms. The first-order valence-corrected chi connectivity index (χ1v) is 9.05. The molecule has 7 nitrogen and oxygen atoms in total. The van der Waals surface area contributed by atoms with Crippen LogP contribution in [0.15, 0.2) is 46.5 Å². The number of fused-ring (bicyclic) bond motifs is 1. The number of halogens is 3. The van der Waals surface area contributed by atoms with E-state index in [2.05, 4.69) is 14.7 Å². The minimum absolute atomic E-state index is 0.0734. The third-order valence-electron chi connectivity index (χ3n) is 3.39. The molecular weight excluding hydrogens is 375 g/mol. The fourth-order valence-corrected chi connectivity index (χ4v) is 3.09. The summed E-state index contributed by atoms with van der Waals surface area (Å²) in [5.41, 5.74) is -0.372. The number of hydrogen-bond donors (Lipinski definition) is 1. The number of ether oxygens (including phenoxy) is 1. The maximum Gasteiger partial charge on any atom is 0.422 e. The standard InChI is InChI=1S/C15H12F3N3O4S/c1-26(23,24)14-20-12-11(6-7-19-12)13(22)21(14)9-2-4-10(5-3-9)25-8-15(16,17)18/h2-7,19H,8H2,1H3. The lowest BCUT2D eigenvalue weighted by molar-refractivity contribution is -0.153. The van der Waals surface area contributed by atoms with Crippen LogP contribution in [0.5, 0.6) is 5.75 Å². The van der Waals surface area contributed by atoms with Gasteiger partial charge in [0, 0.05) is 12.5 Å². The quantitative estimate of drug-likeness (QED) is 0.692. The molecule has 0 unspecified atom stereocenters. The van der Waals surface area contributed by atoms with Crippen molar-refractivity contribution in [1.82, 2.24) is 14.5 Å². The maximum absolute atomic E-state index is 12.7. The molecule has 11 heteroatoms. The lowest BCUT2D eigenvalue weighted by Crippen LogP contribution is -2.25. The number of hydrogen-bond acceptors (Lipinski definition) is 5. The summed E-state index contributed by atoms with van der Waals surface area (Å²) in [4.78, 5) is 19.3. The van der Waals surface area contributed by atoms with Crippen molar-refractivity contribution in [3.8, 4) is 11.4 Å². The van der Waals surface area contributed by atoms with E-state index in [1.54, 1.807) is 0 Å². The fraction of sp³-hybridized carbons (Fsp3) is 0.200. The van der Waals surface area contributed by atoms with Gasteiger partial charge in [0.2, 0.25) is 15.0 Å². The molecule has 0 saturated heterocycles. The Morgan fingerprint density at radius 3 is 2.42 bits per heavy atom. The summed E-state index contributed by atoms with van der Waals surface area (Å²) in [6.07, 6.45) is -2.13. The third-order valence-corrected chi connectivity index (χ3v) is 4.32. The molecular formula is C15H12F3N3O4S. The summed E-state index contributed by atoms with van der Waals surface area (Å²) < 4.78 is 66.1. The Balaban J connectivity index is 2.10. The highest BCUT2D eigenvalue weighted by atomic mass is 32.2. The Labute approximate surface area is 145 Å². The van der Waals surface area contributed by atoms with Crippen LogP contribution in [0.4, 0.5) is 13.2 Å². The molecule has 2 heterocycles. The highest BCUT2D eigenvalue weighted by Gasteiger charge is 2.28. The first-order chi connectivity index (χ1) is 12.1. The van der Waals surface area contributed by atoms with Crippen LogP contribution in [0.25, 0.3) is 16.7 Å². The molecule has 3 aromatic rings. The molecule has 2 aromatic heterocycles. The van der Waals surface area contributed by atoms with Crippen molar-refractivity contribution in [3.63, 3.8) is 0 Å². The average Bonchev–Trinajstić information content (AvgIpc) is 3.01. The largest absolute Gasteiger partial charge is 0.484 e. The summed E-state index contributed by atoms with van der Waals surface area (Å²) in [6.45, 7) is -1.46. The number of benzene rings is 1. The molecule has 26 heavy (non-hydrogen) atoms. The van der Waals surface area contributed by atoms with Crippen molar-refractivity contribution in [1.29, 1.82) is 0 Å². The van der Waals surface area contributed by atoms with Crippen LogP contribution in [-0.2, 0) is 9.84 Å². The minimum Gasteiger partial charge on any atom is -0.484 e. The highest BCUT2D eigenvalue weighted by molar-refractivity contribution is 7.90. The number of sulfone groups is 1. The van der Waals surface area contributed by atoms with E-state index in [0.717, 1.165) is 10.8 Å². The van der Waals surface area contributed by atoms with E-state index in [1.165, 1.54) is 36.5 Å². The first kappa shape index (κ1) is 18.0. The van der Waals surface area contributed by atoms with Crippen molar-refractivity contribution in [2.24, 2.45) is 0 Å². The van der Waals surface area contributed by atoms with Gasteiger partial charge in [0.05, 0.1) is 11.1 Å². The van der Waals surface area contributed by atoms with Crippen LogP contribution in [0.3, 0.4) is 0 Å². The molecule has 1 N–H and O–H groups in total. The van der Waals surface area contributed by atoms with E-state index in [4.69, 9.17) is 0 Å². The van der Waals surface area contributed by atoms with Gasteiger partial charge in [-0.05, 0) is 30.3 Å². The number of nitrogens with zero attached hydrogens (tertiary/aromatic N) is 2. The normalized spacial score (nSPS) is 12.5. The number of aromatic amines is 1. The topological polar surface area (TPSA) is 94.0 Å². The molecule has 0 fully saturated rings. The summed E-state index contributed by atoms with van der Waals surface area (Å²) in [5.74, 6) is -0.0734. The molecule has 0 aliphatic rings. The Bertz CT molecular complexity index is 1120. The second-order valence-electron chi connectivity index (χ2n) is 5.44. The second kappa shape index (κ2) is 6.16. The van der Waals surface area contributed by atoms with Crippen LogP contribution < -0.4 is 10.3 Å². The zero-order valence-corrected chi connectivity index (χ0v) is 14.1. The maximum atomic E-state index is 12.7. The molecule has 1 aromatic carbocycles. The van der Waals surface area contributed by atoms with Gasteiger partial charge >= 0.3 is 6.18 Å². The summed E-state index contributed by atoms with van der Waals surface area (Å²) >= 11 is 0. The molecule has 0 saturated carbocycles. The zero-order valence-electron chi connectivity index (χ0n) is 13.2. The number of aromatic nitrogens is 3. The van der Waals surface area contributed by atoms with E-state index in [0.29, 0.717) is 0 Å². The summed E-state index contributed by atoms with van der Waals surface area (Å²) in [6, 6.07) is 6.43. The monoisotopic (exact) mass is 387 g/mol. The van der Waals surface area contributed by atoms with E-state index >= 15 is 0 Å². The highest BCUT2D eigenvalue weighted by Crippen LogP contribution is 2.21. The number of rotatable bonds is 4. The van der Waals surface area contributed by atoms with Gasteiger partial charge in [0.15, 0.2) is 6.61 Å². The molecule has 0 atom stereocenters. The van der Waals surface area contributed by atoms with Gasteiger partial charge in [-0.2, -0.15) is 13.2 Å². The average molecular weight is 387 g/mol. The van der Waals surface area contributed by atoms with Crippen molar-refractivity contribution in [2.45, 2.75) is 11.3 Å². The number of alkyl halides is 3. The van der Waals surface area contributed by atoms with Crippen molar-refractivity contribution in [2.75, 3.05) is 12.9 Å². The summed E-state index contributed by atoms with van der Waals surface area (Å²) in [7, 11) is -3.86. The molecule has 0 aliphatic heterocycles. The molecule has 0 radical (unpaired) electrons. The smallest absolute Gasteiger partial charge is 0.422 e. The predicted molar refractivity (Wildman–Crippen MR) is 86.4 cm³/mol. The second-order valence-corrected chi connectivity index (χ2v) is 7.35. The molecule has 0 bridgehead atoms.